The standard InChI is InChI=1S/C13H7FN4S2/c14-9-3-1-8(2-4-9)10-5-18-13(16-10)20-12(17-18)11-6-19-7-15-11/h1-7H. The van der Waals surface area contributed by atoms with E-state index in [0.717, 1.165) is 26.9 Å². The maximum absolute atomic E-state index is 12.9. The topological polar surface area (TPSA) is 43.1 Å². The highest BCUT2D eigenvalue weighted by Gasteiger charge is 2.12. The smallest absolute Gasteiger partial charge is 0.213 e. The maximum atomic E-state index is 12.9. The molecule has 0 N–H and O–H groups in total. The highest BCUT2D eigenvalue weighted by molar-refractivity contribution is 7.20. The summed E-state index contributed by atoms with van der Waals surface area (Å²) in [6.07, 6.45) is 1.84. The highest BCUT2D eigenvalue weighted by atomic mass is 32.1. The molecule has 98 valence electrons. The van der Waals surface area contributed by atoms with Gasteiger partial charge < -0.3 is 0 Å². The van der Waals surface area contributed by atoms with Crippen LogP contribution in [0.25, 0.3) is 26.9 Å². The molecule has 0 atom stereocenters. The van der Waals surface area contributed by atoms with Gasteiger partial charge in [0.15, 0.2) is 5.01 Å². The van der Waals surface area contributed by atoms with Crippen LogP contribution in [0.4, 0.5) is 4.39 Å². The summed E-state index contributed by atoms with van der Waals surface area (Å²) in [5, 5.41) is 7.27. The summed E-state index contributed by atoms with van der Waals surface area (Å²) >= 11 is 3.02. The number of aromatic nitrogens is 4. The van der Waals surface area contributed by atoms with Crippen LogP contribution in [0.1, 0.15) is 0 Å². The molecule has 1 aromatic carbocycles. The second-order valence-corrected chi connectivity index (χ2v) is 5.82. The third-order valence-corrected chi connectivity index (χ3v) is 4.37. The molecule has 0 spiro atoms. The van der Waals surface area contributed by atoms with E-state index in [1.54, 1.807) is 22.2 Å². The Balaban J connectivity index is 1.77. The molecule has 0 bridgehead atoms. The predicted octanol–water partition coefficient (Wildman–Crippen LogP) is 3.72. The van der Waals surface area contributed by atoms with Crippen LogP contribution in [0, 0.1) is 5.82 Å². The Morgan fingerprint density at radius 2 is 1.95 bits per heavy atom. The lowest BCUT2D eigenvalue weighted by molar-refractivity contribution is 0.628. The Labute approximate surface area is 121 Å². The van der Waals surface area contributed by atoms with Crippen LogP contribution in [-0.4, -0.2) is 19.6 Å². The first kappa shape index (κ1) is 11.7. The summed E-state index contributed by atoms with van der Waals surface area (Å²) in [5.74, 6) is -0.251. The molecule has 0 fully saturated rings. The maximum Gasteiger partial charge on any atom is 0.213 e. The van der Waals surface area contributed by atoms with Crippen molar-refractivity contribution in [2.45, 2.75) is 0 Å². The SMILES string of the molecule is Fc1ccc(-c2cn3nc(-c4cscn4)sc3n2)cc1. The molecule has 3 aromatic heterocycles. The molecule has 0 aliphatic heterocycles. The van der Waals surface area contributed by atoms with Gasteiger partial charge in [-0.25, -0.2) is 18.9 Å². The van der Waals surface area contributed by atoms with Gasteiger partial charge in [0.05, 0.1) is 17.4 Å². The molecule has 0 saturated carbocycles. The van der Waals surface area contributed by atoms with Crippen molar-refractivity contribution in [3.8, 4) is 22.0 Å². The average Bonchev–Trinajstić information content (AvgIpc) is 3.14. The Bertz CT molecular complexity index is 830. The van der Waals surface area contributed by atoms with Crippen molar-refractivity contribution < 1.29 is 4.39 Å². The minimum atomic E-state index is -0.251. The van der Waals surface area contributed by atoms with Crippen LogP contribution >= 0.6 is 22.7 Å². The molecule has 0 amide bonds. The molecule has 7 heteroatoms. The number of thiazole rings is 1. The van der Waals surface area contributed by atoms with Crippen LogP contribution in [0.15, 0.2) is 41.4 Å². The van der Waals surface area contributed by atoms with Gasteiger partial charge in [-0.1, -0.05) is 11.3 Å². The minimum Gasteiger partial charge on any atom is -0.242 e. The molecule has 0 unspecified atom stereocenters. The fourth-order valence-electron chi connectivity index (χ4n) is 1.88. The van der Waals surface area contributed by atoms with Crippen LogP contribution < -0.4 is 0 Å². The second-order valence-electron chi connectivity index (χ2n) is 4.14. The second kappa shape index (κ2) is 4.46. The summed E-state index contributed by atoms with van der Waals surface area (Å²) in [7, 11) is 0. The Kier molecular flexibility index (Phi) is 2.61. The molecule has 0 aliphatic rings. The molecule has 3 heterocycles. The Hall–Kier alpha value is -2.12. The van der Waals surface area contributed by atoms with Crippen molar-refractivity contribution in [2.75, 3.05) is 0 Å². The molecular formula is C13H7FN4S2. The molecular weight excluding hydrogens is 295 g/mol. The van der Waals surface area contributed by atoms with Gasteiger partial charge in [-0.15, -0.1) is 11.3 Å². The number of rotatable bonds is 2. The van der Waals surface area contributed by atoms with Crippen molar-refractivity contribution >= 4 is 27.6 Å². The van der Waals surface area contributed by atoms with Gasteiger partial charge in [0.2, 0.25) is 4.96 Å². The van der Waals surface area contributed by atoms with Crippen molar-refractivity contribution in [1.29, 1.82) is 0 Å². The normalized spacial score (nSPS) is 11.2. The first-order valence-electron chi connectivity index (χ1n) is 5.80. The van der Waals surface area contributed by atoms with E-state index in [2.05, 4.69) is 15.1 Å². The molecule has 4 nitrogen and oxygen atoms in total. The predicted molar refractivity (Wildman–Crippen MR) is 77.4 cm³/mol. The lowest BCUT2D eigenvalue weighted by atomic mass is 10.2. The quantitative estimate of drug-likeness (QED) is 0.567. The lowest BCUT2D eigenvalue weighted by Gasteiger charge is -1.94. The van der Waals surface area contributed by atoms with Crippen molar-refractivity contribution in [1.82, 2.24) is 19.6 Å². The summed E-state index contributed by atoms with van der Waals surface area (Å²) in [6, 6.07) is 6.28. The van der Waals surface area contributed by atoms with Gasteiger partial charge in [0.1, 0.15) is 11.5 Å². The van der Waals surface area contributed by atoms with Crippen LogP contribution in [0.5, 0.6) is 0 Å². The number of halogens is 1. The molecule has 0 radical (unpaired) electrons. The first-order chi connectivity index (χ1) is 9.79. The number of nitrogens with zero attached hydrogens (tertiary/aromatic N) is 4. The average molecular weight is 302 g/mol. The van der Waals surface area contributed by atoms with E-state index in [1.165, 1.54) is 34.8 Å². The Morgan fingerprint density at radius 1 is 1.10 bits per heavy atom. The molecule has 0 aliphatic carbocycles. The fraction of sp³-hybridized carbons (Fsp3) is 0. The summed E-state index contributed by atoms with van der Waals surface area (Å²) in [6.45, 7) is 0. The first-order valence-corrected chi connectivity index (χ1v) is 7.56. The van der Waals surface area contributed by atoms with Crippen LogP contribution in [0.2, 0.25) is 0 Å². The summed E-state index contributed by atoms with van der Waals surface area (Å²) in [4.78, 5) is 9.55. The monoisotopic (exact) mass is 302 g/mol. The zero-order valence-corrected chi connectivity index (χ0v) is 11.7. The largest absolute Gasteiger partial charge is 0.242 e. The van der Waals surface area contributed by atoms with Crippen molar-refractivity contribution in [3.05, 3.63) is 47.2 Å². The minimum absolute atomic E-state index is 0.251. The van der Waals surface area contributed by atoms with Crippen LogP contribution in [-0.2, 0) is 0 Å². The summed E-state index contributed by atoms with van der Waals surface area (Å²) < 4.78 is 14.6. The van der Waals surface area contributed by atoms with Crippen molar-refractivity contribution in [3.63, 3.8) is 0 Å². The van der Waals surface area contributed by atoms with Gasteiger partial charge in [-0.3, -0.25) is 0 Å². The van der Waals surface area contributed by atoms with E-state index in [1.807, 2.05) is 11.6 Å². The number of benzene rings is 1. The number of hydrogen-bond acceptors (Lipinski definition) is 5. The van der Waals surface area contributed by atoms with E-state index >= 15 is 0 Å². The number of fused-ring (bicyclic) bond motifs is 1. The van der Waals surface area contributed by atoms with E-state index in [0.29, 0.717) is 0 Å². The lowest BCUT2D eigenvalue weighted by Crippen LogP contribution is -1.82. The fourth-order valence-corrected chi connectivity index (χ4v) is 3.34. The molecule has 20 heavy (non-hydrogen) atoms. The van der Waals surface area contributed by atoms with Gasteiger partial charge in [-0.05, 0) is 24.3 Å². The van der Waals surface area contributed by atoms with Gasteiger partial charge in [0, 0.05) is 10.9 Å². The molecule has 0 saturated heterocycles. The highest BCUT2D eigenvalue weighted by Crippen LogP contribution is 2.27. The Morgan fingerprint density at radius 3 is 2.65 bits per heavy atom. The third-order valence-electron chi connectivity index (χ3n) is 2.83. The number of imidazole rings is 1. The van der Waals surface area contributed by atoms with Gasteiger partial charge >= 0.3 is 0 Å². The number of hydrogen-bond donors (Lipinski definition) is 0. The molecule has 4 rings (SSSR count). The van der Waals surface area contributed by atoms with E-state index in [-0.39, 0.29) is 5.82 Å². The zero-order chi connectivity index (χ0) is 13.5. The van der Waals surface area contributed by atoms with Crippen molar-refractivity contribution in [2.24, 2.45) is 0 Å². The van der Waals surface area contributed by atoms with E-state index in [4.69, 9.17) is 0 Å². The third kappa shape index (κ3) is 1.91. The van der Waals surface area contributed by atoms with E-state index < -0.39 is 0 Å². The van der Waals surface area contributed by atoms with Gasteiger partial charge in [0.25, 0.3) is 0 Å². The van der Waals surface area contributed by atoms with Gasteiger partial charge in [-0.2, -0.15) is 5.10 Å². The van der Waals surface area contributed by atoms with Crippen LogP contribution in [0.3, 0.4) is 0 Å². The molecule has 4 aromatic rings. The van der Waals surface area contributed by atoms with E-state index in [9.17, 15) is 4.39 Å². The summed E-state index contributed by atoms with van der Waals surface area (Å²) in [5.41, 5.74) is 4.31. The zero-order valence-electron chi connectivity index (χ0n) is 10.0.